The lowest BCUT2D eigenvalue weighted by Crippen LogP contribution is -2.29. The third kappa shape index (κ3) is 6.96. The van der Waals surface area contributed by atoms with Gasteiger partial charge >= 0.3 is 5.97 Å². The first kappa shape index (κ1) is 22.0. The number of benzene rings is 2. The number of carbonyl (C=O) groups is 2. The van der Waals surface area contributed by atoms with Crippen molar-refractivity contribution >= 4 is 17.6 Å². The largest absolute Gasteiger partial charge is 0.479 e. The van der Waals surface area contributed by atoms with Crippen LogP contribution in [0.4, 0.5) is 5.69 Å². The van der Waals surface area contributed by atoms with Crippen molar-refractivity contribution in [2.75, 3.05) is 11.9 Å². The van der Waals surface area contributed by atoms with Gasteiger partial charge in [-0.15, -0.1) is 0 Å². The van der Waals surface area contributed by atoms with E-state index < -0.39 is 24.6 Å². The fourth-order valence-corrected chi connectivity index (χ4v) is 2.53. The van der Waals surface area contributed by atoms with Gasteiger partial charge in [-0.05, 0) is 47.7 Å². The van der Waals surface area contributed by atoms with Gasteiger partial charge in [0, 0.05) is 5.69 Å². The molecule has 152 valence electrons. The van der Waals surface area contributed by atoms with Crippen molar-refractivity contribution in [3.8, 4) is 11.8 Å². The molecule has 0 saturated heterocycles. The van der Waals surface area contributed by atoms with Gasteiger partial charge in [0.05, 0.1) is 12.5 Å². The Morgan fingerprint density at radius 3 is 2.24 bits per heavy atom. The Morgan fingerprint density at radius 1 is 1.07 bits per heavy atom. The molecule has 0 fully saturated rings. The molecule has 0 spiro atoms. The topological polar surface area (TPSA) is 88.4 Å². The number of nitriles is 1. The lowest BCUT2D eigenvalue weighted by molar-refractivity contribution is -0.153. The molecule has 0 radical (unpaired) electrons. The van der Waals surface area contributed by atoms with Crippen molar-refractivity contribution in [2.24, 2.45) is 0 Å². The number of nitrogens with zero attached hydrogens (tertiary/aromatic N) is 1. The van der Waals surface area contributed by atoms with Crippen LogP contribution >= 0.6 is 0 Å². The Kier molecular flexibility index (Phi) is 7.38. The summed E-state index contributed by atoms with van der Waals surface area (Å²) in [5.74, 6) is -0.512. The maximum Gasteiger partial charge on any atom is 0.347 e. The molecule has 2 aromatic carbocycles. The molecular formula is C23H26N2O4. The van der Waals surface area contributed by atoms with Crippen molar-refractivity contribution in [3.63, 3.8) is 0 Å². The maximum atomic E-state index is 12.1. The number of ether oxygens (including phenoxy) is 2. The molecule has 0 aliphatic rings. The zero-order valence-corrected chi connectivity index (χ0v) is 17.2. The first-order chi connectivity index (χ1) is 13.7. The molecular weight excluding hydrogens is 368 g/mol. The highest BCUT2D eigenvalue weighted by Gasteiger charge is 2.19. The van der Waals surface area contributed by atoms with Crippen LogP contribution in [0.1, 0.15) is 38.8 Å². The highest BCUT2D eigenvalue weighted by molar-refractivity contribution is 5.93. The van der Waals surface area contributed by atoms with Crippen LogP contribution in [0.5, 0.6) is 5.75 Å². The summed E-state index contributed by atoms with van der Waals surface area (Å²) in [7, 11) is 0. The van der Waals surface area contributed by atoms with Crippen molar-refractivity contribution in [2.45, 2.75) is 45.6 Å². The number of carbonyl (C=O) groups excluding carboxylic acids is 2. The summed E-state index contributed by atoms with van der Waals surface area (Å²) in [6.45, 7) is 7.53. The Hall–Kier alpha value is -3.33. The molecule has 0 unspecified atom stereocenters. The molecule has 1 amide bonds. The molecule has 0 aromatic heterocycles. The van der Waals surface area contributed by atoms with E-state index in [1.54, 1.807) is 31.2 Å². The van der Waals surface area contributed by atoms with Gasteiger partial charge in [-0.3, -0.25) is 4.79 Å². The average molecular weight is 394 g/mol. The van der Waals surface area contributed by atoms with Gasteiger partial charge < -0.3 is 14.8 Å². The average Bonchev–Trinajstić information content (AvgIpc) is 2.67. The van der Waals surface area contributed by atoms with Gasteiger partial charge in [0.15, 0.2) is 12.7 Å². The minimum atomic E-state index is -0.839. The van der Waals surface area contributed by atoms with E-state index in [9.17, 15) is 9.59 Å². The molecule has 1 N–H and O–H groups in total. The van der Waals surface area contributed by atoms with Crippen LogP contribution in [0.2, 0.25) is 0 Å². The summed E-state index contributed by atoms with van der Waals surface area (Å²) >= 11 is 0. The van der Waals surface area contributed by atoms with E-state index in [1.165, 1.54) is 0 Å². The van der Waals surface area contributed by atoms with Crippen LogP contribution in [0.25, 0.3) is 0 Å². The smallest absolute Gasteiger partial charge is 0.347 e. The predicted molar refractivity (Wildman–Crippen MR) is 111 cm³/mol. The van der Waals surface area contributed by atoms with Crippen LogP contribution in [-0.2, 0) is 26.2 Å². The quantitative estimate of drug-likeness (QED) is 0.717. The zero-order chi connectivity index (χ0) is 21.4. The van der Waals surface area contributed by atoms with Gasteiger partial charge in [0.1, 0.15) is 5.75 Å². The normalized spacial score (nSPS) is 11.8. The second-order valence-corrected chi connectivity index (χ2v) is 7.72. The minimum Gasteiger partial charge on any atom is -0.479 e. The van der Waals surface area contributed by atoms with Gasteiger partial charge in [-0.1, -0.05) is 45.0 Å². The minimum absolute atomic E-state index is 0.0342. The van der Waals surface area contributed by atoms with Crippen molar-refractivity contribution in [3.05, 3.63) is 59.7 Å². The maximum absolute atomic E-state index is 12.1. The molecule has 0 saturated carbocycles. The number of amides is 1. The van der Waals surface area contributed by atoms with E-state index in [1.807, 2.05) is 24.3 Å². The summed E-state index contributed by atoms with van der Waals surface area (Å²) in [5, 5.41) is 11.3. The number of rotatable bonds is 7. The lowest BCUT2D eigenvalue weighted by Gasteiger charge is -2.20. The standard InChI is InChI=1S/C23H26N2O4/c1-16(29-20-11-7-18(8-12-20)23(2,3)4)22(27)28-15-21(26)25-19-9-5-17(6-10-19)13-14-24/h5-12,16H,13,15H2,1-4H3,(H,25,26)/t16-/m0/s1. The van der Waals surface area contributed by atoms with Crippen molar-refractivity contribution in [1.29, 1.82) is 5.26 Å². The van der Waals surface area contributed by atoms with Gasteiger partial charge in [-0.2, -0.15) is 5.26 Å². The van der Waals surface area contributed by atoms with E-state index >= 15 is 0 Å². The first-order valence-corrected chi connectivity index (χ1v) is 9.38. The first-order valence-electron chi connectivity index (χ1n) is 9.38. The van der Waals surface area contributed by atoms with E-state index in [0.717, 1.165) is 11.1 Å². The molecule has 29 heavy (non-hydrogen) atoms. The van der Waals surface area contributed by atoms with E-state index in [-0.39, 0.29) is 5.41 Å². The van der Waals surface area contributed by atoms with Crippen LogP contribution in [0.15, 0.2) is 48.5 Å². The highest BCUT2D eigenvalue weighted by atomic mass is 16.6. The molecule has 6 nitrogen and oxygen atoms in total. The second-order valence-electron chi connectivity index (χ2n) is 7.72. The fraction of sp³-hybridized carbons (Fsp3) is 0.348. The Balaban J connectivity index is 1.80. The molecule has 2 rings (SSSR count). The van der Waals surface area contributed by atoms with Crippen LogP contribution in [0, 0.1) is 11.3 Å². The monoisotopic (exact) mass is 394 g/mol. The fourth-order valence-electron chi connectivity index (χ4n) is 2.53. The molecule has 2 aromatic rings. The summed E-state index contributed by atoms with van der Waals surface area (Å²) in [6.07, 6.45) is -0.531. The Morgan fingerprint density at radius 2 is 1.69 bits per heavy atom. The molecule has 6 heteroatoms. The second kappa shape index (κ2) is 9.74. The van der Waals surface area contributed by atoms with Gasteiger partial charge in [0.25, 0.3) is 5.91 Å². The van der Waals surface area contributed by atoms with Gasteiger partial charge in [-0.25, -0.2) is 4.79 Å². The summed E-state index contributed by atoms with van der Waals surface area (Å²) in [5.41, 5.74) is 2.62. The third-order valence-electron chi connectivity index (χ3n) is 4.23. The third-order valence-corrected chi connectivity index (χ3v) is 4.23. The van der Waals surface area contributed by atoms with E-state index in [2.05, 4.69) is 32.2 Å². The van der Waals surface area contributed by atoms with Gasteiger partial charge in [0.2, 0.25) is 0 Å². The highest BCUT2D eigenvalue weighted by Crippen LogP contribution is 2.24. The molecule has 0 aliphatic carbocycles. The van der Waals surface area contributed by atoms with Crippen LogP contribution < -0.4 is 10.1 Å². The van der Waals surface area contributed by atoms with Crippen molar-refractivity contribution in [1.82, 2.24) is 0 Å². The summed E-state index contributed by atoms with van der Waals surface area (Å²) in [4.78, 5) is 24.0. The summed E-state index contributed by atoms with van der Waals surface area (Å²) in [6, 6.07) is 16.5. The number of hydrogen-bond acceptors (Lipinski definition) is 5. The molecule has 0 heterocycles. The number of nitrogens with one attached hydrogen (secondary N) is 1. The number of esters is 1. The van der Waals surface area contributed by atoms with Crippen LogP contribution in [0.3, 0.4) is 0 Å². The molecule has 0 bridgehead atoms. The summed E-state index contributed by atoms with van der Waals surface area (Å²) < 4.78 is 10.6. The Bertz CT molecular complexity index is 875. The number of anilines is 1. The Labute approximate surface area is 171 Å². The zero-order valence-electron chi connectivity index (χ0n) is 17.2. The number of hydrogen-bond donors (Lipinski definition) is 1. The molecule has 1 atom stereocenters. The van der Waals surface area contributed by atoms with E-state index in [4.69, 9.17) is 14.7 Å². The molecule has 0 aliphatic heterocycles. The van der Waals surface area contributed by atoms with Crippen LogP contribution in [-0.4, -0.2) is 24.6 Å². The lowest BCUT2D eigenvalue weighted by atomic mass is 9.87. The predicted octanol–water partition coefficient (Wildman–Crippen LogP) is 4.00. The SMILES string of the molecule is C[C@H](Oc1ccc(C(C)(C)C)cc1)C(=O)OCC(=O)Nc1ccc(CC#N)cc1. The van der Waals surface area contributed by atoms with E-state index in [0.29, 0.717) is 17.9 Å². The van der Waals surface area contributed by atoms with Crippen molar-refractivity contribution < 1.29 is 19.1 Å².